The highest BCUT2D eigenvalue weighted by Gasteiger charge is 2.27. The minimum Gasteiger partial charge on any atom is -0.491 e. The Labute approximate surface area is 226 Å². The van der Waals surface area contributed by atoms with E-state index in [-0.39, 0.29) is 28.0 Å². The van der Waals surface area contributed by atoms with Crippen LogP contribution >= 0.6 is 0 Å². The number of pyridine rings is 2. The van der Waals surface area contributed by atoms with E-state index in [9.17, 15) is 0 Å². The average Bonchev–Trinajstić information content (AvgIpc) is 2.79. The van der Waals surface area contributed by atoms with Crippen molar-refractivity contribution < 1.29 is 9.47 Å². The highest BCUT2D eigenvalue weighted by atomic mass is 16.5. The average molecular weight is 513 g/mol. The molecule has 0 aliphatic rings. The normalized spacial score (nSPS) is 13.9. The lowest BCUT2D eigenvalue weighted by Crippen LogP contribution is -2.45. The van der Waals surface area contributed by atoms with Crippen molar-refractivity contribution in [3.63, 3.8) is 0 Å². The maximum atomic E-state index is 6.12. The molecule has 6 heteroatoms. The first-order chi connectivity index (χ1) is 17.0. The number of ether oxygens (including phenoxy) is 2. The van der Waals surface area contributed by atoms with Crippen LogP contribution in [0.2, 0.25) is 0 Å². The Bertz CT molecular complexity index is 956. The molecule has 208 valence electrons. The minimum atomic E-state index is -0.0370. The lowest BCUT2D eigenvalue weighted by atomic mass is 9.80. The molecule has 2 aromatic rings. The van der Waals surface area contributed by atoms with Crippen LogP contribution in [-0.2, 0) is 10.8 Å². The van der Waals surface area contributed by atoms with Crippen LogP contribution in [0.5, 0.6) is 11.6 Å². The van der Waals surface area contributed by atoms with E-state index in [0.717, 1.165) is 37.4 Å². The van der Waals surface area contributed by atoms with Gasteiger partial charge in [0.05, 0.1) is 6.20 Å². The fourth-order valence-corrected chi connectivity index (χ4v) is 3.91. The van der Waals surface area contributed by atoms with Crippen LogP contribution in [0.1, 0.15) is 100 Å². The van der Waals surface area contributed by atoms with E-state index in [1.165, 1.54) is 5.56 Å². The molecule has 0 spiro atoms. The van der Waals surface area contributed by atoms with E-state index in [0.29, 0.717) is 12.5 Å². The van der Waals surface area contributed by atoms with Crippen molar-refractivity contribution in [2.75, 3.05) is 19.7 Å². The van der Waals surface area contributed by atoms with E-state index >= 15 is 0 Å². The molecule has 0 saturated carbocycles. The second-order valence-electron chi connectivity index (χ2n) is 13.6. The number of nitrogens with zero attached hydrogens (tertiary/aromatic N) is 2. The molecule has 0 radical (unpaired) electrons. The molecule has 0 bridgehead atoms. The molecule has 1 atom stereocenters. The Morgan fingerprint density at radius 3 is 2.16 bits per heavy atom. The van der Waals surface area contributed by atoms with Crippen LogP contribution in [0, 0.1) is 0 Å². The summed E-state index contributed by atoms with van der Waals surface area (Å²) in [6, 6.07) is 8.24. The Balaban J connectivity index is 1.82. The molecular weight excluding hydrogens is 460 g/mol. The lowest BCUT2D eigenvalue weighted by molar-refractivity contribution is 0.187. The maximum Gasteiger partial charge on any atom is 0.213 e. The molecule has 2 aromatic heterocycles. The van der Waals surface area contributed by atoms with Crippen molar-refractivity contribution in [3.8, 4) is 11.6 Å². The van der Waals surface area contributed by atoms with Crippen molar-refractivity contribution in [1.29, 1.82) is 0 Å². The van der Waals surface area contributed by atoms with Crippen molar-refractivity contribution in [3.05, 3.63) is 47.9 Å². The van der Waals surface area contributed by atoms with Gasteiger partial charge in [-0.25, -0.2) is 4.98 Å². The SMILES string of the molecule is C[C@@H](CNC(C)(C)CCC(C)(C)c1ccc(OCCNC(C)(C)C)cn1)Oc1cc(C(C)(C)C)ccn1. The second-order valence-corrected chi connectivity index (χ2v) is 13.6. The van der Waals surface area contributed by atoms with Gasteiger partial charge in [-0.1, -0.05) is 34.6 Å². The van der Waals surface area contributed by atoms with Crippen LogP contribution in [0.4, 0.5) is 0 Å². The van der Waals surface area contributed by atoms with Crippen molar-refractivity contribution >= 4 is 0 Å². The number of nitrogens with one attached hydrogen (secondary N) is 2. The van der Waals surface area contributed by atoms with E-state index < -0.39 is 0 Å². The summed E-state index contributed by atoms with van der Waals surface area (Å²) in [4.78, 5) is 9.14. The smallest absolute Gasteiger partial charge is 0.213 e. The van der Waals surface area contributed by atoms with E-state index in [4.69, 9.17) is 14.5 Å². The van der Waals surface area contributed by atoms with Gasteiger partial charge < -0.3 is 20.1 Å². The molecule has 0 unspecified atom stereocenters. The van der Waals surface area contributed by atoms with Gasteiger partial charge in [0.1, 0.15) is 18.5 Å². The third-order valence-electron chi connectivity index (χ3n) is 6.62. The number of rotatable bonds is 13. The first-order valence-corrected chi connectivity index (χ1v) is 13.7. The third kappa shape index (κ3) is 11.4. The van der Waals surface area contributed by atoms with Gasteiger partial charge in [-0.2, -0.15) is 0 Å². The van der Waals surface area contributed by atoms with Gasteiger partial charge in [0.15, 0.2) is 0 Å². The number of aromatic nitrogens is 2. The van der Waals surface area contributed by atoms with Gasteiger partial charge in [0.25, 0.3) is 0 Å². The first kappa shape index (κ1) is 31.0. The lowest BCUT2D eigenvalue weighted by Gasteiger charge is -2.33. The maximum absolute atomic E-state index is 6.12. The molecule has 2 N–H and O–H groups in total. The summed E-state index contributed by atoms with van der Waals surface area (Å²) in [5, 5.41) is 7.13. The highest BCUT2D eigenvalue weighted by Crippen LogP contribution is 2.30. The van der Waals surface area contributed by atoms with Gasteiger partial charge >= 0.3 is 0 Å². The summed E-state index contributed by atoms with van der Waals surface area (Å²) < 4.78 is 12.0. The van der Waals surface area contributed by atoms with Crippen LogP contribution < -0.4 is 20.1 Å². The zero-order valence-electron chi connectivity index (χ0n) is 25.3. The molecule has 2 rings (SSSR count). The first-order valence-electron chi connectivity index (χ1n) is 13.7. The summed E-state index contributed by atoms with van der Waals surface area (Å²) in [6.45, 7) is 26.4. The zero-order valence-corrected chi connectivity index (χ0v) is 25.3. The molecule has 0 amide bonds. The molecule has 6 nitrogen and oxygen atoms in total. The van der Waals surface area contributed by atoms with Crippen molar-refractivity contribution in [2.24, 2.45) is 0 Å². The van der Waals surface area contributed by atoms with Gasteiger partial charge in [-0.3, -0.25) is 4.98 Å². The molecule has 37 heavy (non-hydrogen) atoms. The number of hydrogen-bond acceptors (Lipinski definition) is 6. The highest BCUT2D eigenvalue weighted by molar-refractivity contribution is 5.27. The molecule has 0 aromatic carbocycles. The largest absolute Gasteiger partial charge is 0.491 e. The van der Waals surface area contributed by atoms with E-state index in [2.05, 4.69) is 110 Å². The van der Waals surface area contributed by atoms with Crippen molar-refractivity contribution in [2.45, 2.75) is 117 Å². The predicted molar refractivity (Wildman–Crippen MR) is 155 cm³/mol. The Morgan fingerprint density at radius 2 is 1.57 bits per heavy atom. The fourth-order valence-electron chi connectivity index (χ4n) is 3.91. The summed E-state index contributed by atoms with van der Waals surface area (Å²) in [5.41, 5.74) is 2.42. The van der Waals surface area contributed by atoms with Gasteiger partial charge in [0.2, 0.25) is 5.88 Å². The standard InChI is InChI=1S/C31H52N4O2/c1-23(37-27-20-24(14-17-32-27)28(2,3)4)21-35-31(10,11)16-15-30(8,9)26-13-12-25(22-33-26)36-19-18-34-29(5,6)7/h12-14,17,20,22-23,34-35H,15-16,18-19,21H2,1-11H3/t23-/m0/s1. The molecule has 0 aliphatic carbocycles. The summed E-state index contributed by atoms with van der Waals surface area (Å²) in [6.07, 6.45) is 5.73. The summed E-state index contributed by atoms with van der Waals surface area (Å²) in [7, 11) is 0. The van der Waals surface area contributed by atoms with Gasteiger partial charge in [0, 0.05) is 47.5 Å². The fraction of sp³-hybridized carbons (Fsp3) is 0.677. The Hall–Kier alpha value is -2.18. The van der Waals surface area contributed by atoms with Crippen LogP contribution in [0.3, 0.4) is 0 Å². The summed E-state index contributed by atoms with van der Waals surface area (Å²) >= 11 is 0. The van der Waals surface area contributed by atoms with Crippen LogP contribution in [-0.4, -0.2) is 46.8 Å². The van der Waals surface area contributed by atoms with E-state index in [1.807, 2.05) is 18.5 Å². The zero-order chi connectivity index (χ0) is 27.9. The van der Waals surface area contributed by atoms with E-state index in [1.54, 1.807) is 0 Å². The molecule has 2 heterocycles. The van der Waals surface area contributed by atoms with Crippen LogP contribution in [0.15, 0.2) is 36.7 Å². The quantitative estimate of drug-likeness (QED) is 0.301. The number of hydrogen-bond donors (Lipinski definition) is 2. The monoisotopic (exact) mass is 512 g/mol. The Morgan fingerprint density at radius 1 is 0.865 bits per heavy atom. The van der Waals surface area contributed by atoms with Gasteiger partial charge in [-0.15, -0.1) is 0 Å². The Kier molecular flexibility index (Phi) is 10.6. The molecular formula is C31H52N4O2. The molecule has 0 fully saturated rings. The minimum absolute atomic E-state index is 0.0165. The van der Waals surface area contributed by atoms with Crippen molar-refractivity contribution in [1.82, 2.24) is 20.6 Å². The predicted octanol–water partition coefficient (Wildman–Crippen LogP) is 6.43. The summed E-state index contributed by atoms with van der Waals surface area (Å²) in [5.74, 6) is 1.50. The molecule has 0 saturated heterocycles. The van der Waals surface area contributed by atoms with Gasteiger partial charge in [-0.05, 0) is 83.6 Å². The second kappa shape index (κ2) is 12.6. The molecule has 0 aliphatic heterocycles. The van der Waals surface area contributed by atoms with Crippen LogP contribution in [0.25, 0.3) is 0 Å². The topological polar surface area (TPSA) is 68.3 Å². The third-order valence-corrected chi connectivity index (χ3v) is 6.62.